The molecule has 8 heteroatoms. The van der Waals surface area contributed by atoms with Gasteiger partial charge < -0.3 is 19.1 Å². The lowest BCUT2D eigenvalue weighted by Gasteiger charge is -2.20. The fourth-order valence-corrected chi connectivity index (χ4v) is 3.65. The maximum atomic E-state index is 12.5. The number of benzene rings is 1. The maximum absolute atomic E-state index is 12.5. The van der Waals surface area contributed by atoms with Crippen LogP contribution in [0.1, 0.15) is 25.0 Å². The van der Waals surface area contributed by atoms with Crippen LogP contribution in [0.2, 0.25) is 0 Å². The van der Waals surface area contributed by atoms with Crippen LogP contribution in [0.4, 0.5) is 0 Å². The van der Waals surface area contributed by atoms with Crippen LogP contribution >= 0.6 is 7.60 Å². The van der Waals surface area contributed by atoms with E-state index in [1.807, 2.05) is 6.92 Å². The minimum absolute atomic E-state index is 0.108. The Kier molecular flexibility index (Phi) is 6.71. The van der Waals surface area contributed by atoms with Crippen molar-refractivity contribution in [2.24, 2.45) is 0 Å². The standard InChI is InChI=1S/C14H21O7P/c1-5-11-10(8-22(17,20-6-2)21-9-15)7-12(18-3)13(16)14(11)19-4/h7,9,16H,5-6,8H2,1-4H3. The maximum Gasteiger partial charge on any atom is 0.385 e. The molecule has 1 aromatic carbocycles. The van der Waals surface area contributed by atoms with E-state index in [-0.39, 0.29) is 36.5 Å². The zero-order chi connectivity index (χ0) is 16.8. The van der Waals surface area contributed by atoms with Crippen LogP contribution in [-0.2, 0) is 31.0 Å². The Labute approximate surface area is 129 Å². The Bertz CT molecular complexity index is 571. The van der Waals surface area contributed by atoms with Crippen molar-refractivity contribution >= 4 is 14.1 Å². The van der Waals surface area contributed by atoms with Gasteiger partial charge in [-0.15, -0.1) is 0 Å². The predicted molar refractivity (Wildman–Crippen MR) is 80.7 cm³/mol. The molecule has 0 aliphatic heterocycles. The number of aromatic hydroxyl groups is 1. The number of hydrogen-bond acceptors (Lipinski definition) is 7. The molecule has 0 fully saturated rings. The summed E-state index contributed by atoms with van der Waals surface area (Å²) in [4.78, 5) is 10.6. The van der Waals surface area contributed by atoms with Crippen LogP contribution in [-0.4, -0.2) is 32.4 Å². The first-order valence-electron chi connectivity index (χ1n) is 6.77. The Morgan fingerprint density at radius 3 is 2.41 bits per heavy atom. The van der Waals surface area contributed by atoms with Gasteiger partial charge >= 0.3 is 7.60 Å². The highest BCUT2D eigenvalue weighted by Crippen LogP contribution is 2.53. The summed E-state index contributed by atoms with van der Waals surface area (Å²) >= 11 is 0. The summed E-state index contributed by atoms with van der Waals surface area (Å²) in [6, 6.07) is 1.54. The number of hydrogen-bond donors (Lipinski definition) is 1. The molecule has 0 spiro atoms. The van der Waals surface area contributed by atoms with Crippen LogP contribution in [0.25, 0.3) is 0 Å². The monoisotopic (exact) mass is 332 g/mol. The largest absolute Gasteiger partial charge is 0.502 e. The summed E-state index contributed by atoms with van der Waals surface area (Å²) in [6.07, 6.45) is 0.388. The van der Waals surface area contributed by atoms with Crippen molar-refractivity contribution < 1.29 is 33.0 Å². The summed E-state index contributed by atoms with van der Waals surface area (Å²) in [5.74, 6) is 0.289. The highest BCUT2D eigenvalue weighted by molar-refractivity contribution is 7.53. The van der Waals surface area contributed by atoms with Crippen molar-refractivity contribution in [3.63, 3.8) is 0 Å². The van der Waals surface area contributed by atoms with Gasteiger partial charge in [0.2, 0.25) is 5.75 Å². The van der Waals surface area contributed by atoms with Crippen molar-refractivity contribution in [1.29, 1.82) is 0 Å². The van der Waals surface area contributed by atoms with E-state index in [1.165, 1.54) is 20.3 Å². The van der Waals surface area contributed by atoms with Crippen LogP contribution in [0.3, 0.4) is 0 Å². The second-order valence-corrected chi connectivity index (χ2v) is 6.35. The molecule has 0 aliphatic rings. The molecule has 1 rings (SSSR count). The first-order valence-corrected chi connectivity index (χ1v) is 8.50. The minimum Gasteiger partial charge on any atom is -0.502 e. The van der Waals surface area contributed by atoms with E-state index in [0.29, 0.717) is 17.5 Å². The second kappa shape index (κ2) is 8.06. The lowest BCUT2D eigenvalue weighted by molar-refractivity contribution is -0.121. The first kappa shape index (κ1) is 18.3. The minimum atomic E-state index is -3.62. The summed E-state index contributed by atoms with van der Waals surface area (Å²) in [5.41, 5.74) is 1.21. The van der Waals surface area contributed by atoms with Crippen LogP contribution in [0.5, 0.6) is 17.2 Å². The van der Waals surface area contributed by atoms with Crippen LogP contribution in [0.15, 0.2) is 6.07 Å². The Hall–Kier alpha value is -1.72. The van der Waals surface area contributed by atoms with Gasteiger partial charge in [0.05, 0.1) is 27.0 Å². The average Bonchev–Trinajstić information content (AvgIpc) is 2.48. The van der Waals surface area contributed by atoms with Crippen molar-refractivity contribution in [1.82, 2.24) is 0 Å². The quantitative estimate of drug-likeness (QED) is 0.549. The molecule has 22 heavy (non-hydrogen) atoms. The smallest absolute Gasteiger partial charge is 0.385 e. The molecule has 0 saturated carbocycles. The molecule has 0 bridgehead atoms. The fraction of sp³-hybridized carbons (Fsp3) is 0.500. The third-order valence-corrected chi connectivity index (χ3v) is 4.87. The van der Waals surface area contributed by atoms with Gasteiger partial charge in [-0.05, 0) is 25.0 Å². The summed E-state index contributed by atoms with van der Waals surface area (Å²) in [7, 11) is -0.803. The number of carbonyl (C=O) groups is 1. The van der Waals surface area contributed by atoms with E-state index in [1.54, 1.807) is 6.92 Å². The Morgan fingerprint density at radius 2 is 1.95 bits per heavy atom. The summed E-state index contributed by atoms with van der Waals surface area (Å²) < 4.78 is 32.6. The van der Waals surface area contributed by atoms with Crippen LogP contribution < -0.4 is 9.47 Å². The SMILES string of the molecule is CCOP(=O)(Cc1cc(OC)c(O)c(OC)c1CC)OC=O. The number of rotatable bonds is 9. The molecule has 0 saturated heterocycles. The molecule has 0 heterocycles. The lowest BCUT2D eigenvalue weighted by Crippen LogP contribution is -2.04. The molecule has 0 amide bonds. The van der Waals surface area contributed by atoms with Gasteiger partial charge in [-0.25, -0.2) is 4.57 Å². The molecule has 1 atom stereocenters. The molecule has 1 N–H and O–H groups in total. The summed E-state index contributed by atoms with van der Waals surface area (Å²) in [6.45, 7) is 3.76. The molecular weight excluding hydrogens is 311 g/mol. The molecule has 0 aromatic heterocycles. The van der Waals surface area contributed by atoms with Crippen molar-refractivity contribution in [3.05, 3.63) is 17.2 Å². The van der Waals surface area contributed by atoms with Gasteiger partial charge in [0.1, 0.15) is 0 Å². The Morgan fingerprint density at radius 1 is 1.27 bits per heavy atom. The average molecular weight is 332 g/mol. The number of phenols is 1. The van der Waals surface area contributed by atoms with Crippen molar-refractivity contribution in [2.45, 2.75) is 26.4 Å². The summed E-state index contributed by atoms with van der Waals surface area (Å²) in [5, 5.41) is 10.1. The molecular formula is C14H21O7P. The van der Waals surface area contributed by atoms with E-state index in [9.17, 15) is 14.5 Å². The number of methoxy groups -OCH3 is 2. The molecule has 0 radical (unpaired) electrons. The normalized spacial score (nSPS) is 13.3. The van der Waals surface area contributed by atoms with E-state index in [4.69, 9.17) is 14.0 Å². The zero-order valence-electron chi connectivity index (χ0n) is 13.1. The van der Waals surface area contributed by atoms with Crippen LogP contribution in [0, 0.1) is 0 Å². The predicted octanol–water partition coefficient (Wildman–Crippen LogP) is 2.87. The molecule has 0 aliphatic carbocycles. The van der Waals surface area contributed by atoms with Gasteiger partial charge in [0, 0.05) is 5.56 Å². The third-order valence-electron chi connectivity index (χ3n) is 3.09. The number of ether oxygens (including phenoxy) is 2. The molecule has 1 unspecified atom stereocenters. The van der Waals surface area contributed by atoms with Crippen molar-refractivity contribution in [3.8, 4) is 17.2 Å². The van der Waals surface area contributed by atoms with E-state index < -0.39 is 7.60 Å². The highest BCUT2D eigenvalue weighted by Gasteiger charge is 2.29. The van der Waals surface area contributed by atoms with E-state index >= 15 is 0 Å². The van der Waals surface area contributed by atoms with Gasteiger partial charge in [-0.3, -0.25) is 9.32 Å². The molecule has 1 aromatic rings. The molecule has 124 valence electrons. The van der Waals surface area contributed by atoms with E-state index in [2.05, 4.69) is 4.52 Å². The van der Waals surface area contributed by atoms with Gasteiger partial charge in [0.25, 0.3) is 6.47 Å². The fourth-order valence-electron chi connectivity index (χ4n) is 2.20. The zero-order valence-corrected chi connectivity index (χ0v) is 14.0. The number of phenolic OH excluding ortho intramolecular Hbond substituents is 1. The first-order chi connectivity index (χ1) is 10.5. The van der Waals surface area contributed by atoms with Gasteiger partial charge in [0.15, 0.2) is 11.5 Å². The van der Waals surface area contributed by atoms with E-state index in [0.717, 1.165) is 0 Å². The van der Waals surface area contributed by atoms with Crippen molar-refractivity contribution in [2.75, 3.05) is 20.8 Å². The molecule has 7 nitrogen and oxygen atoms in total. The highest BCUT2D eigenvalue weighted by atomic mass is 31.2. The third kappa shape index (κ3) is 3.93. The topological polar surface area (TPSA) is 91.3 Å². The lowest BCUT2D eigenvalue weighted by atomic mass is 10.0. The van der Waals surface area contributed by atoms with Gasteiger partial charge in [-0.1, -0.05) is 6.92 Å². The van der Waals surface area contributed by atoms with Gasteiger partial charge in [-0.2, -0.15) is 0 Å². The second-order valence-electron chi connectivity index (χ2n) is 4.34. The Balaban J connectivity index is 3.38. The number of carbonyl (C=O) groups excluding carboxylic acids is 1.